The van der Waals surface area contributed by atoms with Crippen LogP contribution in [-0.2, 0) is 4.74 Å². The van der Waals surface area contributed by atoms with Gasteiger partial charge in [0.1, 0.15) is 5.75 Å². The maximum atomic E-state index is 11.7. The third kappa shape index (κ3) is 3.09. The van der Waals surface area contributed by atoms with Gasteiger partial charge in [0.05, 0.1) is 17.7 Å². The summed E-state index contributed by atoms with van der Waals surface area (Å²) in [5.74, 6) is -1.67. The summed E-state index contributed by atoms with van der Waals surface area (Å²) in [6.45, 7) is 2.08. The molecule has 3 nitrogen and oxygen atoms in total. The Bertz CT molecular complexity index is 445. The van der Waals surface area contributed by atoms with E-state index in [9.17, 15) is 9.90 Å². The van der Waals surface area contributed by atoms with E-state index in [2.05, 4.69) is 0 Å². The molecule has 1 aromatic carbocycles. The van der Waals surface area contributed by atoms with Crippen LogP contribution < -0.4 is 0 Å². The van der Waals surface area contributed by atoms with Crippen LogP contribution in [0.15, 0.2) is 24.2 Å². The highest BCUT2D eigenvalue weighted by molar-refractivity contribution is 5.89. The van der Waals surface area contributed by atoms with E-state index in [1.54, 1.807) is 0 Å². The SMILES string of the molecule is [2H]c1c([2H])c(C(=O)OCCCC)c([2H])c([2H])c1O. The number of phenolic OH excluding ortho intramolecular Hbond substituents is 1. The average molecular weight is 198 g/mol. The molecule has 0 amide bonds. The minimum atomic E-state index is -0.902. The molecule has 3 heteroatoms. The summed E-state index contributed by atoms with van der Waals surface area (Å²) in [5, 5.41) is 9.32. The highest BCUT2D eigenvalue weighted by Gasteiger charge is 2.05. The molecule has 0 fully saturated rings. The minimum Gasteiger partial charge on any atom is -0.508 e. The van der Waals surface area contributed by atoms with Crippen LogP contribution in [0, 0.1) is 0 Å². The van der Waals surface area contributed by atoms with Crippen LogP contribution in [-0.4, -0.2) is 17.7 Å². The zero-order valence-electron chi connectivity index (χ0n) is 11.9. The first-order valence-electron chi connectivity index (χ1n) is 6.38. The Morgan fingerprint density at radius 2 is 2.14 bits per heavy atom. The van der Waals surface area contributed by atoms with Crippen LogP contribution in [0.1, 0.15) is 35.6 Å². The van der Waals surface area contributed by atoms with Crippen LogP contribution >= 0.6 is 0 Å². The van der Waals surface area contributed by atoms with Crippen molar-refractivity contribution in [3.8, 4) is 5.75 Å². The second kappa shape index (κ2) is 5.27. The Labute approximate surface area is 88.9 Å². The van der Waals surface area contributed by atoms with Gasteiger partial charge in [-0.05, 0) is 30.6 Å². The van der Waals surface area contributed by atoms with Gasteiger partial charge in [0.2, 0.25) is 0 Å². The largest absolute Gasteiger partial charge is 0.508 e. The summed E-state index contributed by atoms with van der Waals surface area (Å²) < 4.78 is 34.7. The number of aromatic hydroxyl groups is 1. The number of ether oxygens (including phenoxy) is 1. The Kier molecular flexibility index (Phi) is 2.28. The van der Waals surface area contributed by atoms with Crippen LogP contribution in [0.5, 0.6) is 5.75 Å². The molecule has 0 saturated heterocycles. The summed E-state index contributed by atoms with van der Waals surface area (Å²) in [6.07, 6.45) is 1.49. The van der Waals surface area contributed by atoms with E-state index in [0.717, 1.165) is 6.42 Å². The van der Waals surface area contributed by atoms with E-state index in [1.807, 2.05) is 6.92 Å². The molecule has 0 aromatic heterocycles. The Balaban J connectivity index is 3.13. The Morgan fingerprint density at radius 3 is 2.71 bits per heavy atom. The van der Waals surface area contributed by atoms with Crippen LogP contribution in [0.4, 0.5) is 0 Å². The molecule has 76 valence electrons. The molecule has 0 aliphatic rings. The molecule has 0 atom stereocenters. The lowest BCUT2D eigenvalue weighted by molar-refractivity contribution is 0.0500. The number of hydrogen-bond donors (Lipinski definition) is 1. The average Bonchev–Trinajstić information content (AvgIpc) is 2.34. The van der Waals surface area contributed by atoms with Crippen molar-refractivity contribution in [3.05, 3.63) is 29.7 Å². The highest BCUT2D eigenvalue weighted by atomic mass is 16.5. The van der Waals surface area contributed by atoms with Crippen molar-refractivity contribution >= 4 is 5.97 Å². The first-order chi connectivity index (χ1) is 8.41. The topological polar surface area (TPSA) is 46.5 Å². The molecule has 0 aliphatic heterocycles. The quantitative estimate of drug-likeness (QED) is 0.596. The third-order valence-electron chi connectivity index (χ3n) is 1.55. The molecule has 0 bridgehead atoms. The lowest BCUT2D eigenvalue weighted by Gasteiger charge is -2.03. The van der Waals surface area contributed by atoms with Crippen LogP contribution in [0.3, 0.4) is 0 Å². The Hall–Kier alpha value is -1.51. The summed E-state index contributed by atoms with van der Waals surface area (Å²) in [7, 11) is 0. The molecule has 1 aromatic rings. The molecular weight excluding hydrogens is 180 g/mol. The fraction of sp³-hybridized carbons (Fsp3) is 0.364. The number of rotatable bonds is 4. The number of carbonyl (C=O) groups is 1. The van der Waals surface area contributed by atoms with E-state index < -0.39 is 41.5 Å². The lowest BCUT2D eigenvalue weighted by Crippen LogP contribution is -2.05. The number of hydrogen-bond acceptors (Lipinski definition) is 3. The van der Waals surface area contributed by atoms with Crippen molar-refractivity contribution in [1.82, 2.24) is 0 Å². The molecule has 1 N–H and O–H groups in total. The van der Waals surface area contributed by atoms with Crippen molar-refractivity contribution in [2.45, 2.75) is 19.8 Å². The van der Waals surface area contributed by atoms with Gasteiger partial charge < -0.3 is 9.84 Å². The summed E-state index contributed by atoms with van der Waals surface area (Å²) in [6, 6.07) is -2.46. The first kappa shape index (κ1) is 6.06. The molecule has 0 radical (unpaired) electrons. The van der Waals surface area contributed by atoms with Crippen molar-refractivity contribution < 1.29 is 20.1 Å². The first-order valence-corrected chi connectivity index (χ1v) is 4.38. The van der Waals surface area contributed by atoms with Gasteiger partial charge in [-0.25, -0.2) is 4.79 Å². The fourth-order valence-corrected chi connectivity index (χ4v) is 0.789. The molecule has 0 unspecified atom stereocenters. The van der Waals surface area contributed by atoms with Gasteiger partial charge in [-0.2, -0.15) is 0 Å². The summed E-state index contributed by atoms with van der Waals surface area (Å²) >= 11 is 0. The molecule has 0 aliphatic carbocycles. The number of phenols is 1. The third-order valence-corrected chi connectivity index (χ3v) is 1.55. The predicted molar refractivity (Wildman–Crippen MR) is 53.3 cm³/mol. The smallest absolute Gasteiger partial charge is 0.338 e. The molecule has 0 saturated carbocycles. The maximum Gasteiger partial charge on any atom is 0.338 e. The molecule has 0 spiro atoms. The van der Waals surface area contributed by atoms with E-state index in [1.165, 1.54) is 0 Å². The minimum absolute atomic E-state index is 0.162. The molecule has 0 heterocycles. The van der Waals surface area contributed by atoms with Crippen molar-refractivity contribution in [3.63, 3.8) is 0 Å². The number of esters is 1. The second-order valence-electron chi connectivity index (χ2n) is 2.71. The fourth-order valence-electron chi connectivity index (χ4n) is 0.789. The second-order valence-corrected chi connectivity index (χ2v) is 2.71. The number of carbonyl (C=O) groups excluding carboxylic acids is 1. The van der Waals surface area contributed by atoms with Gasteiger partial charge in [-0.15, -0.1) is 0 Å². The zero-order valence-corrected chi connectivity index (χ0v) is 7.89. The monoisotopic (exact) mass is 198 g/mol. The van der Waals surface area contributed by atoms with E-state index in [-0.39, 0.29) is 6.61 Å². The summed E-state index contributed by atoms with van der Waals surface area (Å²) in [4.78, 5) is 11.7. The highest BCUT2D eigenvalue weighted by Crippen LogP contribution is 2.10. The standard InChI is InChI=1S/C11H14O3/c1-2-3-8-14-11(13)9-4-6-10(12)7-5-9/h4-7,12H,2-3,8H2,1H3/i4D,5D,6D,7D. The van der Waals surface area contributed by atoms with Gasteiger partial charge in [0, 0.05) is 0 Å². The van der Waals surface area contributed by atoms with E-state index in [4.69, 9.17) is 10.2 Å². The number of benzene rings is 1. The maximum absolute atomic E-state index is 11.7. The van der Waals surface area contributed by atoms with E-state index >= 15 is 0 Å². The lowest BCUT2D eigenvalue weighted by atomic mass is 10.2. The van der Waals surface area contributed by atoms with Gasteiger partial charge in [0.15, 0.2) is 0 Å². The van der Waals surface area contributed by atoms with Gasteiger partial charge in [0.25, 0.3) is 0 Å². The van der Waals surface area contributed by atoms with Gasteiger partial charge >= 0.3 is 5.97 Å². The molecule has 1 rings (SSSR count). The number of unbranched alkanes of at least 4 members (excludes halogenated alkanes) is 1. The van der Waals surface area contributed by atoms with Crippen LogP contribution in [0.2, 0.25) is 0 Å². The van der Waals surface area contributed by atoms with Crippen LogP contribution in [0.25, 0.3) is 0 Å². The summed E-state index contributed by atoms with van der Waals surface area (Å²) in [5.41, 5.74) is -0.445. The Morgan fingerprint density at radius 1 is 1.50 bits per heavy atom. The van der Waals surface area contributed by atoms with Crippen molar-refractivity contribution in [1.29, 1.82) is 0 Å². The predicted octanol–water partition coefficient (Wildman–Crippen LogP) is 2.35. The molecule has 14 heavy (non-hydrogen) atoms. The van der Waals surface area contributed by atoms with Gasteiger partial charge in [-0.1, -0.05) is 13.3 Å². The van der Waals surface area contributed by atoms with Crippen molar-refractivity contribution in [2.24, 2.45) is 0 Å². The van der Waals surface area contributed by atoms with Crippen molar-refractivity contribution in [2.75, 3.05) is 6.61 Å². The zero-order chi connectivity index (χ0) is 13.9. The van der Waals surface area contributed by atoms with Gasteiger partial charge in [-0.3, -0.25) is 0 Å². The molecular formula is C11H14O3. The normalized spacial score (nSPS) is 13.8. The van der Waals surface area contributed by atoms with E-state index in [0.29, 0.717) is 6.42 Å².